The van der Waals surface area contributed by atoms with Crippen LogP contribution in [0.1, 0.15) is 25.0 Å². The first-order chi connectivity index (χ1) is 9.24. The molecule has 0 atom stereocenters. The lowest BCUT2D eigenvalue weighted by Gasteiger charge is -2.05. The molecule has 0 heterocycles. The summed E-state index contributed by atoms with van der Waals surface area (Å²) < 4.78 is 0. The lowest BCUT2D eigenvalue weighted by Crippen LogP contribution is -2.08. The minimum Gasteiger partial charge on any atom is -0.319 e. The molecule has 102 valence electrons. The van der Waals surface area contributed by atoms with Crippen LogP contribution in [-0.4, -0.2) is 6.67 Å². The summed E-state index contributed by atoms with van der Waals surface area (Å²) in [6.45, 7) is 4.64. The predicted octanol–water partition coefficient (Wildman–Crippen LogP) is 3.34. The second-order valence-corrected chi connectivity index (χ2v) is 4.34. The van der Waals surface area contributed by atoms with Gasteiger partial charge in [-0.1, -0.05) is 62.4 Å². The van der Waals surface area contributed by atoms with Crippen LogP contribution in [0, 0.1) is 0 Å². The van der Waals surface area contributed by atoms with Gasteiger partial charge in [0.05, 0.1) is 0 Å². The first-order valence-corrected chi connectivity index (χ1v) is 6.83. The molecule has 0 bridgehead atoms. The lowest BCUT2D eigenvalue weighted by atomic mass is 10.00. The van der Waals surface area contributed by atoms with Crippen molar-refractivity contribution >= 4 is 0 Å². The summed E-state index contributed by atoms with van der Waals surface area (Å²) in [5.41, 5.74) is 14.7. The summed E-state index contributed by atoms with van der Waals surface area (Å²) in [5.74, 6) is 0. The number of aryl methyl sites for hydroxylation is 2. The van der Waals surface area contributed by atoms with Crippen LogP contribution in [0.5, 0.6) is 0 Å². The molecular weight excluding hydrogens is 232 g/mol. The molecule has 0 unspecified atom stereocenters. The van der Waals surface area contributed by atoms with E-state index in [9.17, 15) is 0 Å². The molecule has 0 amide bonds. The Balaban J connectivity index is 0.000000550. The van der Waals surface area contributed by atoms with Crippen molar-refractivity contribution in [3.05, 3.63) is 59.7 Å². The minimum absolute atomic E-state index is 0.250. The van der Waals surface area contributed by atoms with Gasteiger partial charge in [0, 0.05) is 6.67 Å². The van der Waals surface area contributed by atoms with Crippen molar-refractivity contribution in [1.29, 1.82) is 0 Å². The van der Waals surface area contributed by atoms with Crippen LogP contribution < -0.4 is 11.5 Å². The fourth-order valence-electron chi connectivity index (χ4n) is 1.94. The molecule has 2 heteroatoms. The SMILES string of the molecule is CCc1cccc(-c2cccc(CC)c2)c1.NCN. The molecule has 0 saturated carbocycles. The van der Waals surface area contributed by atoms with Crippen LogP contribution in [0.25, 0.3) is 11.1 Å². The molecule has 0 saturated heterocycles. The van der Waals surface area contributed by atoms with Crippen molar-refractivity contribution in [1.82, 2.24) is 0 Å². The van der Waals surface area contributed by atoms with E-state index >= 15 is 0 Å². The monoisotopic (exact) mass is 256 g/mol. The second kappa shape index (κ2) is 8.46. The largest absolute Gasteiger partial charge is 0.319 e. The summed E-state index contributed by atoms with van der Waals surface area (Å²) in [4.78, 5) is 0. The van der Waals surface area contributed by atoms with Crippen LogP contribution in [0.2, 0.25) is 0 Å². The second-order valence-electron chi connectivity index (χ2n) is 4.34. The molecule has 2 nitrogen and oxygen atoms in total. The van der Waals surface area contributed by atoms with Gasteiger partial charge in [-0.3, -0.25) is 0 Å². The Morgan fingerprint density at radius 2 is 1.11 bits per heavy atom. The minimum atomic E-state index is 0.250. The Labute approximate surface area is 116 Å². The van der Waals surface area contributed by atoms with Crippen molar-refractivity contribution in [2.24, 2.45) is 11.5 Å². The van der Waals surface area contributed by atoms with E-state index in [1.165, 1.54) is 22.3 Å². The molecular formula is C17H24N2. The van der Waals surface area contributed by atoms with Gasteiger partial charge >= 0.3 is 0 Å². The average molecular weight is 256 g/mol. The van der Waals surface area contributed by atoms with Crippen LogP contribution in [0.3, 0.4) is 0 Å². The standard InChI is InChI=1S/C16H18.CH6N2/c1-3-13-7-5-9-15(11-13)16-10-6-8-14(4-2)12-16;2-1-3/h5-12H,3-4H2,1-2H3;1-3H2. The Morgan fingerprint density at radius 1 is 0.737 bits per heavy atom. The van der Waals surface area contributed by atoms with Gasteiger partial charge in [-0.2, -0.15) is 0 Å². The Morgan fingerprint density at radius 3 is 1.42 bits per heavy atom. The fraction of sp³-hybridized carbons (Fsp3) is 0.294. The zero-order valence-corrected chi connectivity index (χ0v) is 11.9. The molecule has 0 aliphatic carbocycles. The quantitative estimate of drug-likeness (QED) is 0.828. The van der Waals surface area contributed by atoms with Crippen LogP contribution in [0.15, 0.2) is 48.5 Å². The summed E-state index contributed by atoms with van der Waals surface area (Å²) in [6, 6.07) is 17.6. The van der Waals surface area contributed by atoms with Crippen molar-refractivity contribution in [2.45, 2.75) is 26.7 Å². The summed E-state index contributed by atoms with van der Waals surface area (Å²) >= 11 is 0. The number of rotatable bonds is 3. The Kier molecular flexibility index (Phi) is 6.86. The number of hydrogen-bond donors (Lipinski definition) is 2. The van der Waals surface area contributed by atoms with Gasteiger partial charge in [0.15, 0.2) is 0 Å². The molecule has 19 heavy (non-hydrogen) atoms. The van der Waals surface area contributed by atoms with E-state index < -0.39 is 0 Å². The van der Waals surface area contributed by atoms with Gasteiger partial charge in [0.2, 0.25) is 0 Å². The maximum atomic E-state index is 4.62. The van der Waals surface area contributed by atoms with Gasteiger partial charge in [-0.15, -0.1) is 0 Å². The summed E-state index contributed by atoms with van der Waals surface area (Å²) in [7, 11) is 0. The van der Waals surface area contributed by atoms with E-state index in [1.54, 1.807) is 0 Å². The highest BCUT2D eigenvalue weighted by molar-refractivity contribution is 5.64. The predicted molar refractivity (Wildman–Crippen MR) is 83.9 cm³/mol. The van der Waals surface area contributed by atoms with E-state index in [4.69, 9.17) is 0 Å². The average Bonchev–Trinajstić information content (AvgIpc) is 2.48. The lowest BCUT2D eigenvalue weighted by molar-refractivity contribution is 1.07. The van der Waals surface area contributed by atoms with Crippen LogP contribution >= 0.6 is 0 Å². The number of nitrogens with two attached hydrogens (primary N) is 2. The molecule has 0 fully saturated rings. The van der Waals surface area contributed by atoms with Crippen molar-refractivity contribution < 1.29 is 0 Å². The van der Waals surface area contributed by atoms with E-state index in [0.29, 0.717) is 0 Å². The molecule has 0 aliphatic rings. The van der Waals surface area contributed by atoms with E-state index in [2.05, 4.69) is 73.8 Å². The maximum absolute atomic E-state index is 4.62. The molecule has 4 N–H and O–H groups in total. The Hall–Kier alpha value is -1.64. The summed E-state index contributed by atoms with van der Waals surface area (Å²) in [5, 5.41) is 0. The molecule has 2 aromatic carbocycles. The smallest absolute Gasteiger partial charge is 0.0403 e. The maximum Gasteiger partial charge on any atom is 0.0403 e. The van der Waals surface area contributed by atoms with Gasteiger partial charge < -0.3 is 11.5 Å². The van der Waals surface area contributed by atoms with Crippen LogP contribution in [0.4, 0.5) is 0 Å². The van der Waals surface area contributed by atoms with Gasteiger partial charge in [-0.25, -0.2) is 0 Å². The molecule has 0 radical (unpaired) electrons. The van der Waals surface area contributed by atoms with E-state index in [1.807, 2.05) is 0 Å². The molecule has 0 aliphatic heterocycles. The summed E-state index contributed by atoms with van der Waals surface area (Å²) in [6.07, 6.45) is 2.20. The highest BCUT2D eigenvalue weighted by Gasteiger charge is 1.99. The zero-order valence-electron chi connectivity index (χ0n) is 11.9. The number of benzene rings is 2. The molecule has 2 rings (SSSR count). The van der Waals surface area contributed by atoms with Crippen molar-refractivity contribution in [3.8, 4) is 11.1 Å². The van der Waals surface area contributed by atoms with Gasteiger partial charge in [0.25, 0.3) is 0 Å². The highest BCUT2D eigenvalue weighted by atomic mass is 14.7. The third kappa shape index (κ3) is 4.86. The first-order valence-electron chi connectivity index (χ1n) is 6.83. The third-order valence-corrected chi connectivity index (χ3v) is 3.00. The number of hydrogen-bond acceptors (Lipinski definition) is 2. The van der Waals surface area contributed by atoms with Gasteiger partial charge in [-0.05, 0) is 35.1 Å². The van der Waals surface area contributed by atoms with Crippen molar-refractivity contribution in [2.75, 3.05) is 6.67 Å². The van der Waals surface area contributed by atoms with Crippen molar-refractivity contribution in [3.63, 3.8) is 0 Å². The highest BCUT2D eigenvalue weighted by Crippen LogP contribution is 2.22. The molecule has 2 aromatic rings. The Bertz CT molecular complexity index is 447. The molecule has 0 spiro atoms. The fourth-order valence-corrected chi connectivity index (χ4v) is 1.94. The molecule has 0 aromatic heterocycles. The third-order valence-electron chi connectivity index (χ3n) is 3.00. The normalized spacial score (nSPS) is 9.68. The first kappa shape index (κ1) is 15.4. The zero-order chi connectivity index (χ0) is 14.1. The topological polar surface area (TPSA) is 52.0 Å². The van der Waals surface area contributed by atoms with E-state index in [-0.39, 0.29) is 6.67 Å². The van der Waals surface area contributed by atoms with Crippen LogP contribution in [-0.2, 0) is 12.8 Å². The van der Waals surface area contributed by atoms with E-state index in [0.717, 1.165) is 12.8 Å². The van der Waals surface area contributed by atoms with Gasteiger partial charge in [0.1, 0.15) is 0 Å².